The molecule has 0 aliphatic heterocycles. The number of para-hydroxylation sites is 1. The first-order chi connectivity index (χ1) is 11.2. The third-order valence-electron chi connectivity index (χ3n) is 4.43. The number of benzene rings is 2. The van der Waals surface area contributed by atoms with Crippen LogP contribution in [-0.2, 0) is 12.8 Å². The lowest BCUT2D eigenvalue weighted by Crippen LogP contribution is -2.22. The fourth-order valence-electron chi connectivity index (χ4n) is 3.26. The van der Waals surface area contributed by atoms with Gasteiger partial charge in [0.1, 0.15) is 5.56 Å². The molecule has 0 bridgehead atoms. The number of rotatable bonds is 2. The average molecular weight is 304 g/mol. The van der Waals surface area contributed by atoms with Crippen molar-refractivity contribution in [2.75, 3.05) is 5.32 Å². The summed E-state index contributed by atoms with van der Waals surface area (Å²) in [7, 11) is 0. The fraction of sp³-hybridized carbons (Fsp3) is 0.158. The number of H-pyrrole nitrogens is 1. The smallest absolute Gasteiger partial charge is 0.261 e. The standard InChI is InChI=1S/C19H16N2O2/c22-18-14-7-1-2-9-16(14)20-11-15(18)19(23)21-17-10-4-6-12-5-3-8-13(12)17/h1-2,4,6-7,9-11H,3,5,8H2,(H,20,22)(H,21,23). The Balaban J connectivity index is 1.72. The summed E-state index contributed by atoms with van der Waals surface area (Å²) in [5.41, 5.74) is 3.92. The van der Waals surface area contributed by atoms with E-state index in [2.05, 4.69) is 16.4 Å². The molecule has 1 aliphatic carbocycles. The highest BCUT2D eigenvalue weighted by molar-refractivity contribution is 6.06. The molecule has 4 rings (SSSR count). The van der Waals surface area contributed by atoms with Gasteiger partial charge in [-0.3, -0.25) is 9.59 Å². The largest absolute Gasteiger partial charge is 0.360 e. The normalized spacial score (nSPS) is 13.0. The van der Waals surface area contributed by atoms with E-state index in [1.54, 1.807) is 12.1 Å². The first kappa shape index (κ1) is 13.8. The van der Waals surface area contributed by atoms with Crippen molar-refractivity contribution in [3.8, 4) is 0 Å². The summed E-state index contributed by atoms with van der Waals surface area (Å²) in [4.78, 5) is 28.1. The Morgan fingerprint density at radius 1 is 1.04 bits per heavy atom. The second kappa shape index (κ2) is 5.39. The summed E-state index contributed by atoms with van der Waals surface area (Å²) in [6.07, 6.45) is 4.62. The number of anilines is 1. The van der Waals surface area contributed by atoms with Crippen LogP contribution in [0, 0.1) is 0 Å². The molecule has 0 fully saturated rings. The molecule has 2 N–H and O–H groups in total. The van der Waals surface area contributed by atoms with Gasteiger partial charge in [0, 0.05) is 22.8 Å². The third kappa shape index (κ3) is 2.32. The predicted molar refractivity (Wildman–Crippen MR) is 91.0 cm³/mol. The molecule has 1 aromatic heterocycles. The molecule has 4 heteroatoms. The first-order valence-electron chi connectivity index (χ1n) is 7.76. The number of amides is 1. The number of aromatic amines is 1. The molecule has 114 valence electrons. The van der Waals surface area contributed by atoms with Gasteiger partial charge < -0.3 is 10.3 Å². The fourth-order valence-corrected chi connectivity index (χ4v) is 3.26. The second-order valence-electron chi connectivity index (χ2n) is 5.83. The summed E-state index contributed by atoms with van der Waals surface area (Å²) >= 11 is 0. The van der Waals surface area contributed by atoms with Crippen LogP contribution in [0.4, 0.5) is 5.69 Å². The Bertz CT molecular complexity index is 973. The van der Waals surface area contributed by atoms with Gasteiger partial charge in [0.15, 0.2) is 0 Å². The Labute approximate surface area is 133 Å². The van der Waals surface area contributed by atoms with E-state index in [0.717, 1.165) is 30.5 Å². The summed E-state index contributed by atoms with van der Waals surface area (Å²) in [6, 6.07) is 13.1. The number of fused-ring (bicyclic) bond motifs is 2. The average Bonchev–Trinajstić information content (AvgIpc) is 3.05. The van der Waals surface area contributed by atoms with Crippen molar-refractivity contribution >= 4 is 22.5 Å². The number of hydrogen-bond acceptors (Lipinski definition) is 2. The van der Waals surface area contributed by atoms with Crippen molar-refractivity contribution < 1.29 is 4.79 Å². The molecule has 0 spiro atoms. The van der Waals surface area contributed by atoms with E-state index in [9.17, 15) is 9.59 Å². The van der Waals surface area contributed by atoms with Gasteiger partial charge in [-0.25, -0.2) is 0 Å². The van der Waals surface area contributed by atoms with E-state index >= 15 is 0 Å². The van der Waals surface area contributed by atoms with Crippen LogP contribution in [0.1, 0.15) is 27.9 Å². The summed E-state index contributed by atoms with van der Waals surface area (Å²) in [5.74, 6) is -0.364. The van der Waals surface area contributed by atoms with Gasteiger partial charge in [-0.15, -0.1) is 0 Å². The van der Waals surface area contributed by atoms with Crippen LogP contribution in [0.3, 0.4) is 0 Å². The molecular weight excluding hydrogens is 288 g/mol. The minimum Gasteiger partial charge on any atom is -0.360 e. The third-order valence-corrected chi connectivity index (χ3v) is 4.43. The Hall–Kier alpha value is -2.88. The Kier molecular flexibility index (Phi) is 3.23. The maximum absolute atomic E-state index is 12.5. The van der Waals surface area contributed by atoms with Gasteiger partial charge in [0.05, 0.1) is 0 Å². The lowest BCUT2D eigenvalue weighted by atomic mass is 10.1. The van der Waals surface area contributed by atoms with Crippen LogP contribution in [0.5, 0.6) is 0 Å². The summed E-state index contributed by atoms with van der Waals surface area (Å²) < 4.78 is 0. The van der Waals surface area contributed by atoms with Crippen LogP contribution in [-0.4, -0.2) is 10.9 Å². The van der Waals surface area contributed by atoms with Crippen molar-refractivity contribution in [3.63, 3.8) is 0 Å². The predicted octanol–water partition coefficient (Wildman–Crippen LogP) is 3.27. The minimum atomic E-state index is -0.364. The van der Waals surface area contributed by atoms with E-state index in [1.165, 1.54) is 17.3 Å². The number of carbonyl (C=O) groups is 1. The van der Waals surface area contributed by atoms with E-state index in [4.69, 9.17) is 0 Å². The van der Waals surface area contributed by atoms with Crippen molar-refractivity contribution in [2.45, 2.75) is 19.3 Å². The lowest BCUT2D eigenvalue weighted by molar-refractivity contribution is 0.102. The monoisotopic (exact) mass is 304 g/mol. The van der Waals surface area contributed by atoms with Crippen molar-refractivity contribution in [1.82, 2.24) is 4.98 Å². The molecule has 1 amide bonds. The first-order valence-corrected chi connectivity index (χ1v) is 7.76. The van der Waals surface area contributed by atoms with Gasteiger partial charge in [0.2, 0.25) is 5.43 Å². The minimum absolute atomic E-state index is 0.138. The van der Waals surface area contributed by atoms with Crippen molar-refractivity contribution in [3.05, 3.63) is 75.6 Å². The molecule has 0 atom stereocenters. The molecule has 1 aliphatic rings. The van der Waals surface area contributed by atoms with E-state index < -0.39 is 0 Å². The molecule has 0 saturated heterocycles. The number of aryl methyl sites for hydroxylation is 1. The highest BCUT2D eigenvalue weighted by atomic mass is 16.2. The zero-order chi connectivity index (χ0) is 15.8. The molecule has 4 nitrogen and oxygen atoms in total. The van der Waals surface area contributed by atoms with Crippen LogP contribution in [0.15, 0.2) is 53.5 Å². The highest BCUT2D eigenvalue weighted by Crippen LogP contribution is 2.28. The molecule has 0 radical (unpaired) electrons. The van der Waals surface area contributed by atoms with E-state index in [1.807, 2.05) is 24.3 Å². The quantitative estimate of drug-likeness (QED) is 0.763. The molecule has 2 aromatic carbocycles. The van der Waals surface area contributed by atoms with Crippen molar-refractivity contribution in [1.29, 1.82) is 0 Å². The maximum atomic E-state index is 12.5. The Morgan fingerprint density at radius 3 is 2.83 bits per heavy atom. The number of carbonyl (C=O) groups excluding carboxylic acids is 1. The van der Waals surface area contributed by atoms with Gasteiger partial charge in [-0.1, -0.05) is 24.3 Å². The second-order valence-corrected chi connectivity index (χ2v) is 5.83. The summed E-state index contributed by atoms with van der Waals surface area (Å²) in [5, 5.41) is 3.43. The Morgan fingerprint density at radius 2 is 1.91 bits per heavy atom. The van der Waals surface area contributed by atoms with Gasteiger partial charge in [-0.2, -0.15) is 0 Å². The van der Waals surface area contributed by atoms with Gasteiger partial charge in [-0.05, 0) is 48.6 Å². The van der Waals surface area contributed by atoms with Crippen LogP contribution in [0.2, 0.25) is 0 Å². The zero-order valence-corrected chi connectivity index (χ0v) is 12.6. The van der Waals surface area contributed by atoms with E-state index in [-0.39, 0.29) is 16.9 Å². The summed E-state index contributed by atoms with van der Waals surface area (Å²) in [6.45, 7) is 0. The molecule has 0 saturated carbocycles. The number of aromatic nitrogens is 1. The van der Waals surface area contributed by atoms with Gasteiger partial charge >= 0.3 is 0 Å². The lowest BCUT2D eigenvalue weighted by Gasteiger charge is -2.10. The van der Waals surface area contributed by atoms with Crippen molar-refractivity contribution in [2.24, 2.45) is 0 Å². The maximum Gasteiger partial charge on any atom is 0.261 e. The number of hydrogen-bond donors (Lipinski definition) is 2. The van der Waals surface area contributed by atoms with Crippen LogP contribution >= 0.6 is 0 Å². The molecular formula is C19H16N2O2. The number of nitrogens with one attached hydrogen (secondary N) is 2. The van der Waals surface area contributed by atoms with Gasteiger partial charge in [0.25, 0.3) is 5.91 Å². The van der Waals surface area contributed by atoms with E-state index in [0.29, 0.717) is 5.39 Å². The number of pyridine rings is 1. The van der Waals surface area contributed by atoms with Crippen LogP contribution < -0.4 is 10.7 Å². The zero-order valence-electron chi connectivity index (χ0n) is 12.6. The molecule has 1 heterocycles. The highest BCUT2D eigenvalue weighted by Gasteiger charge is 2.18. The molecule has 23 heavy (non-hydrogen) atoms. The van der Waals surface area contributed by atoms with Crippen LogP contribution in [0.25, 0.3) is 10.9 Å². The SMILES string of the molecule is O=C(Nc1cccc2c1CCC2)c1c[nH]c2ccccc2c1=O. The molecule has 3 aromatic rings. The molecule has 0 unspecified atom stereocenters. The topological polar surface area (TPSA) is 62.0 Å².